The molecule has 1 fully saturated rings. The fourth-order valence-corrected chi connectivity index (χ4v) is 6.33. The molecule has 2 aromatic carbocycles. The SMILES string of the molecule is COc1cc2c(Nc3ncc(CC(=O)Nc4cccc(F)c4)s3)ncnc2cc1OCCN1CCCCC1CCOP(=O)(O)O. The van der Waals surface area contributed by atoms with Crippen molar-refractivity contribution in [2.75, 3.05) is 44.0 Å². The molecule has 16 heteroatoms. The Kier molecular flexibility index (Phi) is 10.9. The van der Waals surface area contributed by atoms with Crippen LogP contribution < -0.4 is 20.1 Å². The number of carbonyl (C=O) groups is 1. The highest BCUT2D eigenvalue weighted by atomic mass is 32.1. The molecule has 0 radical (unpaired) electrons. The fourth-order valence-electron chi connectivity index (χ4n) is 5.18. The molecular weight excluding hydrogens is 626 g/mol. The molecule has 4 aromatic rings. The summed E-state index contributed by atoms with van der Waals surface area (Å²) in [5.74, 6) is 0.809. The first-order chi connectivity index (χ1) is 21.7. The van der Waals surface area contributed by atoms with Crippen LogP contribution in [0.15, 0.2) is 48.9 Å². The van der Waals surface area contributed by atoms with Gasteiger partial charge in [-0.25, -0.2) is 23.9 Å². The van der Waals surface area contributed by atoms with Crippen molar-refractivity contribution in [2.45, 2.75) is 38.1 Å². The van der Waals surface area contributed by atoms with Crippen LogP contribution in [0, 0.1) is 5.82 Å². The molecule has 5 rings (SSSR count). The molecule has 1 aliphatic heterocycles. The highest BCUT2D eigenvalue weighted by Gasteiger charge is 2.24. The predicted octanol–water partition coefficient (Wildman–Crippen LogP) is 4.89. The number of rotatable bonds is 14. The van der Waals surface area contributed by atoms with Crippen LogP contribution in [0.5, 0.6) is 11.5 Å². The Hall–Kier alpha value is -3.72. The first-order valence-corrected chi connectivity index (χ1v) is 16.7. The van der Waals surface area contributed by atoms with E-state index >= 15 is 0 Å². The number of likely N-dealkylation sites (tertiary alicyclic amines) is 1. The number of phosphoric ester groups is 1. The van der Waals surface area contributed by atoms with Gasteiger partial charge in [-0.05, 0) is 50.1 Å². The number of benzene rings is 2. The Morgan fingerprint density at radius 2 is 2.02 bits per heavy atom. The van der Waals surface area contributed by atoms with Gasteiger partial charge in [0.15, 0.2) is 16.6 Å². The second-order valence-corrected chi connectivity index (χ2v) is 12.7. The van der Waals surface area contributed by atoms with Crippen molar-refractivity contribution >= 4 is 52.6 Å². The maximum absolute atomic E-state index is 13.4. The number of fused-ring (bicyclic) bond motifs is 1. The molecule has 1 unspecified atom stereocenters. The summed E-state index contributed by atoms with van der Waals surface area (Å²) in [5.41, 5.74) is 1.01. The number of hydrogen-bond acceptors (Lipinski definition) is 11. The van der Waals surface area contributed by atoms with Crippen molar-refractivity contribution in [1.82, 2.24) is 19.9 Å². The van der Waals surface area contributed by atoms with Crippen molar-refractivity contribution in [3.8, 4) is 11.5 Å². The van der Waals surface area contributed by atoms with Crippen LogP contribution in [0.4, 0.5) is 21.0 Å². The Balaban J connectivity index is 1.20. The highest BCUT2D eigenvalue weighted by Crippen LogP contribution is 2.37. The van der Waals surface area contributed by atoms with Crippen LogP contribution in [0.1, 0.15) is 30.6 Å². The number of anilines is 3. The Labute approximate surface area is 263 Å². The summed E-state index contributed by atoms with van der Waals surface area (Å²) in [4.78, 5) is 46.5. The number of nitrogens with one attached hydrogen (secondary N) is 2. The van der Waals surface area contributed by atoms with E-state index in [2.05, 4.69) is 35.0 Å². The molecule has 1 saturated heterocycles. The third-order valence-corrected chi connectivity index (χ3v) is 8.67. The quantitative estimate of drug-likeness (QED) is 0.135. The molecule has 240 valence electrons. The number of carbonyl (C=O) groups excluding carboxylic acids is 1. The Morgan fingerprint density at radius 1 is 1.16 bits per heavy atom. The number of halogens is 1. The summed E-state index contributed by atoms with van der Waals surface area (Å²) < 4.78 is 40.8. The number of piperidine rings is 1. The van der Waals surface area contributed by atoms with Crippen molar-refractivity contribution in [1.29, 1.82) is 0 Å². The van der Waals surface area contributed by atoms with Crippen molar-refractivity contribution < 1.29 is 37.5 Å². The van der Waals surface area contributed by atoms with Gasteiger partial charge in [-0.3, -0.25) is 14.2 Å². The topological polar surface area (TPSA) is 168 Å². The van der Waals surface area contributed by atoms with E-state index in [9.17, 15) is 13.8 Å². The van der Waals surface area contributed by atoms with E-state index < -0.39 is 13.6 Å². The largest absolute Gasteiger partial charge is 0.493 e. The van der Waals surface area contributed by atoms with Gasteiger partial charge in [0.05, 0.1) is 25.7 Å². The second-order valence-electron chi connectivity index (χ2n) is 10.4. The molecule has 0 bridgehead atoms. The average molecular weight is 661 g/mol. The summed E-state index contributed by atoms with van der Waals surface area (Å²) in [6.07, 6.45) is 6.67. The van der Waals surface area contributed by atoms with Gasteiger partial charge in [-0.2, -0.15) is 0 Å². The molecule has 0 spiro atoms. The molecule has 1 amide bonds. The lowest BCUT2D eigenvalue weighted by Crippen LogP contribution is -2.42. The molecule has 4 N–H and O–H groups in total. The van der Waals surface area contributed by atoms with E-state index in [1.165, 1.54) is 35.9 Å². The lowest BCUT2D eigenvalue weighted by atomic mass is 10.00. The normalized spacial score (nSPS) is 15.6. The number of thiazole rings is 1. The zero-order valence-corrected chi connectivity index (χ0v) is 26.2. The van der Waals surface area contributed by atoms with Crippen LogP contribution in [-0.2, 0) is 20.3 Å². The molecule has 0 aliphatic carbocycles. The van der Waals surface area contributed by atoms with Gasteiger partial charge in [-0.1, -0.05) is 12.5 Å². The first kappa shape index (κ1) is 32.7. The molecule has 1 atom stereocenters. The molecular formula is C29H34FN6O7PS. The number of aromatic nitrogens is 3. The van der Waals surface area contributed by atoms with Crippen LogP contribution >= 0.6 is 19.2 Å². The third kappa shape index (κ3) is 9.39. The molecule has 1 aliphatic rings. The second kappa shape index (κ2) is 15.0. The number of ether oxygens (including phenoxy) is 2. The van der Waals surface area contributed by atoms with Gasteiger partial charge in [0.2, 0.25) is 5.91 Å². The minimum Gasteiger partial charge on any atom is -0.493 e. The molecule has 45 heavy (non-hydrogen) atoms. The molecule has 3 heterocycles. The van der Waals surface area contributed by atoms with E-state index in [1.807, 2.05) is 0 Å². The van der Waals surface area contributed by atoms with Crippen LogP contribution in [0.2, 0.25) is 0 Å². The van der Waals surface area contributed by atoms with E-state index in [-0.39, 0.29) is 25.0 Å². The molecule has 2 aromatic heterocycles. The van der Waals surface area contributed by atoms with Crippen molar-refractivity contribution in [3.63, 3.8) is 0 Å². The van der Waals surface area contributed by atoms with Gasteiger partial charge in [0, 0.05) is 40.8 Å². The van der Waals surface area contributed by atoms with Gasteiger partial charge < -0.3 is 29.9 Å². The van der Waals surface area contributed by atoms with Crippen LogP contribution in [-0.4, -0.2) is 75.0 Å². The predicted molar refractivity (Wildman–Crippen MR) is 168 cm³/mol. The highest BCUT2D eigenvalue weighted by molar-refractivity contribution is 7.46. The summed E-state index contributed by atoms with van der Waals surface area (Å²) >= 11 is 1.30. The zero-order chi connectivity index (χ0) is 31.8. The zero-order valence-electron chi connectivity index (χ0n) is 24.5. The Bertz CT molecular complexity index is 1670. The van der Waals surface area contributed by atoms with E-state index in [0.717, 1.165) is 25.8 Å². The van der Waals surface area contributed by atoms with Gasteiger partial charge in [-0.15, -0.1) is 11.3 Å². The average Bonchev–Trinajstić information content (AvgIpc) is 3.43. The monoisotopic (exact) mass is 660 g/mol. The first-order valence-electron chi connectivity index (χ1n) is 14.3. The minimum atomic E-state index is -4.48. The minimum absolute atomic E-state index is 0.00488. The number of phosphoric acid groups is 1. The lowest BCUT2D eigenvalue weighted by Gasteiger charge is -2.35. The standard InChI is InChI=1S/C29H34FN6O7PS/c1-41-25-15-23-24(16-26(25)42-12-10-36-9-3-2-7-21(36)8-11-43-44(38,39)40)32-18-33-28(23)35-29-31-17-22(45-29)14-27(37)34-20-6-4-5-19(30)13-20/h4-6,13,15-18,21H,2-3,7-12,14H2,1H3,(H,34,37)(H2,38,39,40)(H,31,32,33,35). The number of methoxy groups -OCH3 is 1. The van der Waals surface area contributed by atoms with Crippen molar-refractivity contribution in [3.05, 3.63) is 59.6 Å². The van der Waals surface area contributed by atoms with Crippen LogP contribution in [0.3, 0.4) is 0 Å². The van der Waals surface area contributed by atoms with E-state index in [1.54, 1.807) is 31.5 Å². The van der Waals surface area contributed by atoms with Crippen molar-refractivity contribution in [2.24, 2.45) is 0 Å². The summed E-state index contributed by atoms with van der Waals surface area (Å²) in [6, 6.07) is 9.44. The van der Waals surface area contributed by atoms with E-state index in [0.29, 0.717) is 63.5 Å². The van der Waals surface area contributed by atoms with Crippen LogP contribution in [0.25, 0.3) is 10.9 Å². The number of hydrogen-bond donors (Lipinski definition) is 4. The lowest BCUT2D eigenvalue weighted by molar-refractivity contribution is -0.115. The third-order valence-electron chi connectivity index (χ3n) is 7.24. The van der Waals surface area contributed by atoms with Gasteiger partial charge >= 0.3 is 7.82 Å². The number of nitrogens with zero attached hydrogens (tertiary/aromatic N) is 4. The Morgan fingerprint density at radius 3 is 2.82 bits per heavy atom. The molecule has 0 saturated carbocycles. The van der Waals surface area contributed by atoms with Gasteiger partial charge in [0.1, 0.15) is 24.6 Å². The molecule has 13 nitrogen and oxygen atoms in total. The summed E-state index contributed by atoms with van der Waals surface area (Å²) in [7, 11) is -2.93. The smallest absolute Gasteiger partial charge is 0.469 e. The van der Waals surface area contributed by atoms with E-state index in [4.69, 9.17) is 19.3 Å². The summed E-state index contributed by atoms with van der Waals surface area (Å²) in [6.45, 7) is 1.87. The van der Waals surface area contributed by atoms with Gasteiger partial charge in [0.25, 0.3) is 0 Å². The summed E-state index contributed by atoms with van der Waals surface area (Å²) in [5, 5.41) is 7.09. The maximum atomic E-state index is 13.4. The maximum Gasteiger partial charge on any atom is 0.469 e. The fraction of sp³-hybridized carbons (Fsp3) is 0.379. The number of amides is 1.